The van der Waals surface area contributed by atoms with Gasteiger partial charge in [-0.2, -0.15) is 0 Å². The molecule has 1 saturated heterocycles. The van der Waals surface area contributed by atoms with E-state index < -0.39 is 64.5 Å². The second kappa shape index (κ2) is 34.2. The maximum atomic E-state index is 21.3. The van der Waals surface area contributed by atoms with Crippen LogP contribution in [0.3, 0.4) is 0 Å². The Kier molecular flexibility index (Phi) is 24.3. The first-order valence-electron chi connectivity index (χ1n) is 40.4. The molecule has 1 fully saturated rings. The number of nitro benzene ring substituents is 2. The third-order valence-electron chi connectivity index (χ3n) is 24.9. The summed E-state index contributed by atoms with van der Waals surface area (Å²) in [4.78, 5) is 27.8. The van der Waals surface area contributed by atoms with Crippen molar-refractivity contribution in [3.63, 3.8) is 0 Å². The number of alkyl halides is 2. The number of benzene rings is 12. The molecule has 1 aliphatic carbocycles. The fourth-order valence-corrected chi connectivity index (χ4v) is 22.4. The summed E-state index contributed by atoms with van der Waals surface area (Å²) in [5.41, 5.74) is 2.24. The van der Waals surface area contributed by atoms with Gasteiger partial charge in [-0.3, -0.25) is 20.2 Å². The Morgan fingerprint density at radius 2 is 1.05 bits per heavy atom. The van der Waals surface area contributed by atoms with Crippen molar-refractivity contribution in [3.8, 4) is 11.5 Å². The van der Waals surface area contributed by atoms with Gasteiger partial charge in [0.2, 0.25) is 0 Å². The Morgan fingerprint density at radius 1 is 0.500 bits per heavy atom. The number of anilines is 2. The van der Waals surface area contributed by atoms with E-state index in [4.69, 9.17) is 38.4 Å². The van der Waals surface area contributed by atoms with Crippen LogP contribution in [0.2, 0.25) is 5.02 Å². The molecule has 0 saturated carbocycles. The maximum absolute atomic E-state index is 21.3. The van der Waals surface area contributed by atoms with Gasteiger partial charge in [0.15, 0.2) is 5.00 Å². The van der Waals surface area contributed by atoms with E-state index in [1.54, 1.807) is 80.9 Å². The van der Waals surface area contributed by atoms with Crippen molar-refractivity contribution < 1.29 is 28.1 Å². The summed E-state index contributed by atoms with van der Waals surface area (Å²) in [5.74, 6) is -0.539. The number of ether oxygens (including phenoxy) is 2. The Hall–Kier alpha value is -10.9. The van der Waals surface area contributed by atoms with Gasteiger partial charge < -0.3 is 20.1 Å². The largest absolute Gasteiger partial charge is 0.497 e. The number of nitrogens with zero attached hydrogens (tertiary/aromatic N) is 3. The monoisotopic (exact) mass is 1650 g/mol. The van der Waals surface area contributed by atoms with Gasteiger partial charge in [0, 0.05) is 51.8 Å². The molecule has 12 aromatic rings. The normalized spacial score (nSPS) is 21.3. The molecule has 12 aromatic carbocycles. The summed E-state index contributed by atoms with van der Waals surface area (Å²) in [6, 6.07) is 90.3. The smallest absolute Gasteiger partial charge is 0.269 e. The molecular weight excluding hydrogens is 1560 g/mol. The van der Waals surface area contributed by atoms with E-state index in [0.717, 1.165) is 56.1 Å². The molecule has 1 aliphatic heterocycles. The highest BCUT2D eigenvalue weighted by molar-refractivity contribution is 6.44. The number of rotatable bonds is 27. The van der Waals surface area contributed by atoms with Crippen molar-refractivity contribution in [2.75, 3.05) is 24.9 Å². The minimum atomic E-state index is -2.68. The molecule has 7 unspecified atom stereocenters. The lowest BCUT2D eigenvalue weighted by Crippen LogP contribution is -2.90. The van der Waals surface area contributed by atoms with Crippen LogP contribution in [-0.4, -0.2) is 29.4 Å². The summed E-state index contributed by atoms with van der Waals surface area (Å²) < 4.78 is 51.8. The first kappa shape index (κ1) is 83.6. The van der Waals surface area contributed by atoms with Crippen molar-refractivity contribution in [2.45, 2.75) is 149 Å². The molecular formula is C102H96Cl4F2N4O6. The van der Waals surface area contributed by atoms with Gasteiger partial charge in [-0.05, 0) is 189 Å². The van der Waals surface area contributed by atoms with E-state index in [2.05, 4.69) is 69.0 Å². The molecule has 0 spiro atoms. The number of nitro groups is 2. The van der Waals surface area contributed by atoms with Crippen LogP contribution < -0.4 is 20.1 Å². The standard InChI is InChI=1S/C102H96Cl4F2N4O6/c1-9-10-11-12-13-14-15-16-20-42-90-92(70-31-25-29-68(2)64-70)94(104)93(71-32-26-39-87(65-71)118-8)95(105)97(90,89-41-23-24-43-91(89)108)101(76-52-60-84(61-53-76)111(113)114)99(88-40-22-21-30-69(88)3,74-54-62-86(117-7)63-55-74)98(73-48-56-81(107)57-49-73,78-33-28-38-85(67-78)112(115)116)100(79-34-27-35-80(103)66-79,75-46-44-72(45-47-75)96(4,5)6)110(83-36-18-17-19-37-83)102(101,106)77-50-58-82(109)59-51-77/h17-19,21-41,43-67,95H,9-16,20,42,109H2,1-8H3. The Bertz CT molecular complexity index is 5730. The average molecular weight is 1650 g/mol. The molecule has 2 N–H and O–H groups in total. The number of unbranched alkanes of at least 4 members (excludes halogenated alkanes) is 8. The average Bonchev–Trinajstić information content (AvgIpc) is 0.601. The highest BCUT2D eigenvalue weighted by Crippen LogP contribution is 2.86. The summed E-state index contributed by atoms with van der Waals surface area (Å²) >= 11 is 38.0. The second-order valence-electron chi connectivity index (χ2n) is 32.3. The summed E-state index contributed by atoms with van der Waals surface area (Å²) in [7, 11) is 3.16. The predicted molar refractivity (Wildman–Crippen MR) is 478 cm³/mol. The van der Waals surface area contributed by atoms with E-state index in [9.17, 15) is 43.4 Å². The van der Waals surface area contributed by atoms with Gasteiger partial charge in [-0.15, -0.1) is 11.6 Å². The van der Waals surface area contributed by atoms with Gasteiger partial charge in [0.25, 0.3) is 11.4 Å². The van der Waals surface area contributed by atoms with Gasteiger partial charge in [0.05, 0.1) is 56.1 Å². The highest BCUT2D eigenvalue weighted by atomic mass is 35.5. The molecule has 0 amide bonds. The molecule has 0 radical (unpaired) electrons. The van der Waals surface area contributed by atoms with Crippen LogP contribution in [-0.2, 0) is 37.6 Å². The number of non-ortho nitro benzene ring substituents is 2. The molecule has 0 aromatic heterocycles. The quantitative estimate of drug-likeness (QED) is 0.0134. The molecule has 2 aliphatic rings. The van der Waals surface area contributed by atoms with Gasteiger partial charge in [0.1, 0.15) is 28.7 Å². The van der Waals surface area contributed by atoms with Crippen LogP contribution >= 0.6 is 46.4 Å². The van der Waals surface area contributed by atoms with Crippen molar-refractivity contribution in [2.24, 2.45) is 0 Å². The predicted octanol–water partition coefficient (Wildman–Crippen LogP) is 27.3. The number of aryl methyl sites for hydroxylation is 2. The number of halogens is 6. The van der Waals surface area contributed by atoms with Crippen molar-refractivity contribution in [1.82, 2.24) is 0 Å². The summed E-state index contributed by atoms with van der Waals surface area (Å²) in [6.45, 7) is 12.6. The third-order valence-corrected chi connectivity index (χ3v) is 26.7. The fraction of sp³-hybridized carbons (Fsp3) is 0.255. The van der Waals surface area contributed by atoms with Crippen LogP contribution in [0, 0.1) is 45.7 Å². The van der Waals surface area contributed by atoms with Crippen molar-refractivity contribution in [1.29, 1.82) is 0 Å². The second-order valence-corrected chi connectivity index (χ2v) is 34.1. The van der Waals surface area contributed by atoms with E-state index in [-0.39, 0.29) is 44.5 Å². The Morgan fingerprint density at radius 3 is 1.67 bits per heavy atom. The molecule has 602 valence electrons. The fourth-order valence-electron chi connectivity index (χ4n) is 20.3. The molecule has 7 atom stereocenters. The molecule has 118 heavy (non-hydrogen) atoms. The van der Waals surface area contributed by atoms with Crippen LogP contribution in [0.4, 0.5) is 31.5 Å². The Balaban J connectivity index is 1.47. The number of methoxy groups -OCH3 is 2. The molecule has 0 bridgehead atoms. The van der Waals surface area contributed by atoms with Crippen LogP contribution in [0.5, 0.6) is 11.5 Å². The number of allylic oxidation sites excluding steroid dienone is 4. The number of nitrogen functional groups attached to an aromatic ring is 1. The topological polar surface area (TPSA) is 134 Å². The number of piperidine rings is 1. The van der Waals surface area contributed by atoms with E-state index in [1.165, 1.54) is 36.4 Å². The Labute approximate surface area is 711 Å². The van der Waals surface area contributed by atoms with E-state index >= 15 is 8.78 Å². The van der Waals surface area contributed by atoms with Crippen molar-refractivity contribution in [3.05, 3.63) is 423 Å². The van der Waals surface area contributed by atoms with Gasteiger partial charge in [-0.25, -0.2) is 8.78 Å². The number of hydrogen-bond donors (Lipinski definition) is 1. The van der Waals surface area contributed by atoms with Crippen LogP contribution in [0.15, 0.2) is 308 Å². The SMILES string of the molecule is CCCCCCCCCCCC1=C(c2cccc(C)c2)C(Cl)=C(c2cccc(OC)c2)C(Cl)C1(c1ccccc1F)C1(c2ccc([N+](=O)[O-])cc2)C(Cl)(c2ccc(N)cc2)N(c2ccccc2)C(c2ccc(C(C)(C)C)cc2)(c2cccc(Cl)c2)C(c2ccc(F)cc2)(c2cccc([N+](=O)[O-])c2)C1(c1ccc(OC)cc1)c1ccccc1C. The van der Waals surface area contributed by atoms with Crippen LogP contribution in [0.25, 0.3) is 11.1 Å². The lowest BCUT2D eigenvalue weighted by Gasteiger charge is -2.83. The lowest BCUT2D eigenvalue weighted by molar-refractivity contribution is -0.385. The zero-order valence-corrected chi connectivity index (χ0v) is 70.6. The maximum Gasteiger partial charge on any atom is 0.269 e. The molecule has 16 heteroatoms. The molecule has 1 heterocycles. The summed E-state index contributed by atoms with van der Waals surface area (Å²) in [5, 5.41) is 27.8. The van der Waals surface area contributed by atoms with Gasteiger partial charge >= 0.3 is 0 Å². The highest BCUT2D eigenvalue weighted by Gasteiger charge is 2.91. The number of nitrogens with two attached hydrogens (primary N) is 1. The first-order chi connectivity index (χ1) is 56.9. The number of para-hydroxylation sites is 1. The molecule has 14 rings (SSSR count). The van der Waals surface area contributed by atoms with Crippen LogP contribution in [0.1, 0.15) is 170 Å². The minimum absolute atomic E-state index is 0.00535. The zero-order chi connectivity index (χ0) is 83.5. The number of hydrogen-bond acceptors (Lipinski definition) is 8. The van der Waals surface area contributed by atoms with E-state index in [0.29, 0.717) is 103 Å². The summed E-state index contributed by atoms with van der Waals surface area (Å²) in [6.07, 6.45) is 8.34. The third kappa shape index (κ3) is 13.6. The zero-order valence-electron chi connectivity index (χ0n) is 67.6. The van der Waals surface area contributed by atoms with Crippen molar-refractivity contribution >= 4 is 80.3 Å². The lowest BCUT2D eigenvalue weighted by atomic mass is 9.25. The first-order valence-corrected chi connectivity index (χ1v) is 41.9. The minimum Gasteiger partial charge on any atom is -0.497 e. The van der Waals surface area contributed by atoms with E-state index in [1.807, 2.05) is 172 Å². The van der Waals surface area contributed by atoms with Gasteiger partial charge in [-0.1, -0.05) is 314 Å². The molecule has 10 nitrogen and oxygen atoms in total.